The van der Waals surface area contributed by atoms with Gasteiger partial charge in [-0.2, -0.15) is 16.8 Å². The molecule has 0 rings (SSSR count). The summed E-state index contributed by atoms with van der Waals surface area (Å²) in [6, 6.07) is 0. The van der Waals surface area contributed by atoms with Crippen LogP contribution in [0.5, 0.6) is 0 Å². The minimum atomic E-state index is -4.67. The molecule has 0 heterocycles. The van der Waals surface area contributed by atoms with Crippen LogP contribution in [0, 0.1) is 37.7 Å². The number of hydrogen-bond acceptors (Lipinski definition) is 4. The SMILES string of the molecule is O=S(=O)(O)O.O=S(=O)(O)O.[Ho].[OH3+].[OH3+].[OH3+].[OH3+]. The average Bonchev–Trinajstić information content (AvgIpc) is 1.12. The Morgan fingerprint density at radius 2 is 0.533 bits per heavy atom. The van der Waals surface area contributed by atoms with Crippen molar-refractivity contribution in [2.75, 3.05) is 0 Å². The van der Waals surface area contributed by atoms with Crippen LogP contribution in [-0.4, -0.2) is 35.0 Å². The van der Waals surface area contributed by atoms with Gasteiger partial charge in [-0.25, -0.2) is 0 Å². The molecule has 0 amide bonds. The second kappa shape index (κ2) is 17.2. The molecular formula is H16HoO12S2+4. The van der Waals surface area contributed by atoms with Crippen LogP contribution < -0.4 is 0 Å². The van der Waals surface area contributed by atoms with Crippen LogP contribution in [0.4, 0.5) is 0 Å². The molecule has 0 aliphatic heterocycles. The Hall–Kier alpha value is 0.840. The molecule has 16 N–H and O–H groups in total. The molecule has 0 aromatic heterocycles. The summed E-state index contributed by atoms with van der Waals surface area (Å²) in [4.78, 5) is 0. The smallest absolute Gasteiger partial charge is 0.394 e. The van der Waals surface area contributed by atoms with E-state index in [0.717, 1.165) is 0 Å². The van der Waals surface area contributed by atoms with Crippen molar-refractivity contribution in [2.24, 2.45) is 0 Å². The van der Waals surface area contributed by atoms with Crippen LogP contribution in [0.25, 0.3) is 0 Å². The second-order valence-electron chi connectivity index (χ2n) is 0.896. The maximum absolute atomic E-state index is 8.74. The van der Waals surface area contributed by atoms with Gasteiger partial charge in [0, 0.05) is 37.7 Å². The summed E-state index contributed by atoms with van der Waals surface area (Å²) in [5, 5.41) is 0. The van der Waals surface area contributed by atoms with Gasteiger partial charge in [0.1, 0.15) is 0 Å². The molecule has 1 radical (unpaired) electrons. The van der Waals surface area contributed by atoms with E-state index in [2.05, 4.69) is 0 Å². The zero-order chi connectivity index (χ0) is 9.00. The van der Waals surface area contributed by atoms with Crippen LogP contribution in [0.3, 0.4) is 0 Å². The van der Waals surface area contributed by atoms with Crippen LogP contribution in [0.15, 0.2) is 0 Å². The second-order valence-corrected chi connectivity index (χ2v) is 2.69. The number of hydrogen-bond donors (Lipinski definition) is 4. The zero-order valence-corrected chi connectivity index (χ0v) is 10.4. The third-order valence-electron chi connectivity index (χ3n) is 0. The van der Waals surface area contributed by atoms with Crippen LogP contribution >= 0.6 is 0 Å². The Balaban J connectivity index is -0.0000000128. The Bertz CT molecular complexity index is 210. The molecule has 0 aromatic rings. The summed E-state index contributed by atoms with van der Waals surface area (Å²) in [6.45, 7) is 0. The molecule has 0 spiro atoms. The van der Waals surface area contributed by atoms with Crippen molar-refractivity contribution in [2.45, 2.75) is 0 Å². The van der Waals surface area contributed by atoms with E-state index in [1.165, 1.54) is 0 Å². The maximum Gasteiger partial charge on any atom is 0.394 e. The van der Waals surface area contributed by atoms with Crippen molar-refractivity contribution in [3.05, 3.63) is 0 Å². The van der Waals surface area contributed by atoms with Crippen molar-refractivity contribution in [3.63, 3.8) is 0 Å². The third kappa shape index (κ3) is 3470. The van der Waals surface area contributed by atoms with Gasteiger partial charge in [-0.05, 0) is 0 Å². The fraction of sp³-hybridized carbons (Fsp3) is 0. The molecule has 0 bridgehead atoms. The fourth-order valence-electron chi connectivity index (χ4n) is 0. The molecule has 0 saturated heterocycles. The Kier molecular flexibility index (Phi) is 51.3. The van der Waals surface area contributed by atoms with Gasteiger partial charge in [0.2, 0.25) is 0 Å². The molecule has 0 unspecified atom stereocenters. The van der Waals surface area contributed by atoms with Gasteiger partial charge in [-0.15, -0.1) is 0 Å². The molecule has 0 fully saturated rings. The molecule has 12 nitrogen and oxygen atoms in total. The Morgan fingerprint density at radius 3 is 0.533 bits per heavy atom. The minimum absolute atomic E-state index is 0. The van der Waals surface area contributed by atoms with Crippen molar-refractivity contribution < 1.29 is 94.7 Å². The van der Waals surface area contributed by atoms with Gasteiger partial charge < -0.3 is 21.9 Å². The normalized spacial score (nSPS) is 7.73. The van der Waals surface area contributed by atoms with Crippen molar-refractivity contribution in [1.29, 1.82) is 0 Å². The quantitative estimate of drug-likeness (QED) is 0.161. The summed E-state index contributed by atoms with van der Waals surface area (Å²) in [7, 11) is -9.33. The predicted molar refractivity (Wildman–Crippen MR) is 47.8 cm³/mol. The average molecular weight is 437 g/mol. The molecule has 0 atom stereocenters. The minimum Gasteiger partial charge on any atom is -0.457 e. The van der Waals surface area contributed by atoms with Crippen molar-refractivity contribution in [3.8, 4) is 0 Å². The van der Waals surface area contributed by atoms with E-state index in [0.29, 0.717) is 0 Å². The van der Waals surface area contributed by atoms with Crippen molar-refractivity contribution >= 4 is 20.8 Å². The summed E-state index contributed by atoms with van der Waals surface area (Å²) in [6.07, 6.45) is 0. The van der Waals surface area contributed by atoms with E-state index >= 15 is 0 Å². The van der Waals surface area contributed by atoms with Crippen LogP contribution in [0.2, 0.25) is 0 Å². The van der Waals surface area contributed by atoms with E-state index < -0.39 is 20.8 Å². The summed E-state index contributed by atoms with van der Waals surface area (Å²) < 4.78 is 63.2. The van der Waals surface area contributed by atoms with Gasteiger partial charge in [0.25, 0.3) is 0 Å². The first-order valence-corrected chi connectivity index (χ1v) is 4.19. The molecule has 0 aliphatic rings. The van der Waals surface area contributed by atoms with E-state index in [9.17, 15) is 0 Å². The monoisotopic (exact) mass is 437 g/mol. The Morgan fingerprint density at radius 1 is 0.533 bits per heavy atom. The third-order valence-corrected chi connectivity index (χ3v) is 0. The molecular weight excluding hydrogens is 421 g/mol. The van der Waals surface area contributed by atoms with Gasteiger partial charge >= 0.3 is 20.8 Å². The first-order valence-electron chi connectivity index (χ1n) is 1.40. The first kappa shape index (κ1) is 44.6. The topological polar surface area (TPSA) is 281 Å². The van der Waals surface area contributed by atoms with Gasteiger partial charge in [-0.3, -0.25) is 18.2 Å². The standard InChI is InChI=1S/Ho.2H2O4S.4H2O/c;2*1-5(2,3)4;;;;/h;2*(H2,1,2,3,4);4*1H2/p+4. The Labute approximate surface area is 115 Å². The largest absolute Gasteiger partial charge is 0.457 e. The summed E-state index contributed by atoms with van der Waals surface area (Å²) in [5.41, 5.74) is 0. The molecule has 15 heteroatoms. The van der Waals surface area contributed by atoms with Gasteiger partial charge in [0.05, 0.1) is 0 Å². The van der Waals surface area contributed by atoms with Gasteiger partial charge in [0.15, 0.2) is 0 Å². The predicted octanol–water partition coefficient (Wildman–Crippen LogP) is -4.99. The van der Waals surface area contributed by atoms with E-state index in [1.807, 2.05) is 0 Å². The maximum atomic E-state index is 8.74. The zero-order valence-electron chi connectivity index (χ0n) is 6.85. The van der Waals surface area contributed by atoms with Gasteiger partial charge in [-0.1, -0.05) is 0 Å². The van der Waals surface area contributed by atoms with Crippen LogP contribution in [-0.2, 0) is 42.7 Å². The van der Waals surface area contributed by atoms with E-state index in [1.54, 1.807) is 0 Å². The fourth-order valence-corrected chi connectivity index (χ4v) is 0. The summed E-state index contributed by atoms with van der Waals surface area (Å²) >= 11 is 0. The summed E-state index contributed by atoms with van der Waals surface area (Å²) in [5.74, 6) is 0. The molecule has 15 heavy (non-hydrogen) atoms. The molecule has 107 valence electrons. The van der Waals surface area contributed by atoms with E-state index in [-0.39, 0.29) is 59.6 Å². The number of rotatable bonds is 0. The molecule has 0 aliphatic carbocycles. The van der Waals surface area contributed by atoms with Crippen molar-refractivity contribution in [1.82, 2.24) is 0 Å². The molecule has 0 saturated carbocycles. The van der Waals surface area contributed by atoms with E-state index in [4.69, 9.17) is 35.0 Å². The van der Waals surface area contributed by atoms with Crippen LogP contribution in [0.1, 0.15) is 0 Å². The molecule has 0 aromatic carbocycles. The first-order chi connectivity index (χ1) is 4.00.